The van der Waals surface area contributed by atoms with Gasteiger partial charge in [0.05, 0.1) is 18.9 Å². The number of carbonyl (C=O) groups excluding carboxylic acids is 1. The summed E-state index contributed by atoms with van der Waals surface area (Å²) in [6, 6.07) is 3.39. The molecule has 1 aromatic carbocycles. The second-order valence-corrected chi connectivity index (χ2v) is 5.30. The first-order valence-electron chi connectivity index (χ1n) is 7.31. The predicted molar refractivity (Wildman–Crippen MR) is 82.2 cm³/mol. The van der Waals surface area contributed by atoms with Crippen LogP contribution in [0.2, 0.25) is 0 Å². The molecule has 3 aromatic rings. The van der Waals surface area contributed by atoms with Crippen LogP contribution in [-0.4, -0.2) is 34.0 Å². The molecule has 0 spiro atoms. The maximum atomic E-state index is 13.8. The molecule has 0 bridgehead atoms. The maximum Gasteiger partial charge on any atom is 0.412 e. The molecule has 6 nitrogen and oxygen atoms in total. The average molecular weight is 368 g/mol. The molecule has 0 aliphatic heterocycles. The monoisotopic (exact) mass is 368 g/mol. The fraction of sp³-hybridized carbons (Fsp3) is 0.188. The third-order valence-corrected chi connectivity index (χ3v) is 3.66. The highest BCUT2D eigenvalue weighted by atomic mass is 19.4. The van der Waals surface area contributed by atoms with Crippen LogP contribution in [0, 0.1) is 5.82 Å². The highest BCUT2D eigenvalue weighted by Gasteiger charge is 2.42. The average Bonchev–Trinajstić information content (AvgIpc) is 3.02. The van der Waals surface area contributed by atoms with E-state index in [0.717, 1.165) is 23.0 Å². The number of benzene rings is 1. The maximum absolute atomic E-state index is 13.8. The third-order valence-electron chi connectivity index (χ3n) is 3.66. The van der Waals surface area contributed by atoms with E-state index in [1.807, 2.05) is 5.32 Å². The molecule has 26 heavy (non-hydrogen) atoms. The van der Waals surface area contributed by atoms with E-state index in [9.17, 15) is 22.4 Å². The highest BCUT2D eigenvalue weighted by Crippen LogP contribution is 2.34. The van der Waals surface area contributed by atoms with Crippen molar-refractivity contribution in [2.24, 2.45) is 0 Å². The first-order chi connectivity index (χ1) is 12.3. The topological polar surface area (TPSA) is 68.5 Å². The molecule has 0 unspecified atom stereocenters. The molecule has 136 valence electrons. The van der Waals surface area contributed by atoms with Gasteiger partial charge in [0.15, 0.2) is 17.6 Å². The lowest BCUT2D eigenvalue weighted by atomic mass is 10.1. The van der Waals surface area contributed by atoms with Gasteiger partial charge >= 0.3 is 6.18 Å². The fourth-order valence-electron chi connectivity index (χ4n) is 2.43. The number of amides is 1. The Morgan fingerprint density at radius 1 is 1.27 bits per heavy atom. The standard InChI is InChI=1S/C16H12F4N4O2/c1-26-13-5-4-9(7-11(13)17)14(16(18,19)20)23-15(25)10-8-22-24-12(10)3-2-6-21-24/h2-8,14H,1H3,(H,23,25)/t14-/m0/s1. The number of carbonyl (C=O) groups is 1. The summed E-state index contributed by atoms with van der Waals surface area (Å²) >= 11 is 0. The van der Waals surface area contributed by atoms with Crippen molar-refractivity contribution in [3.63, 3.8) is 0 Å². The van der Waals surface area contributed by atoms with Crippen molar-refractivity contribution in [1.29, 1.82) is 0 Å². The fourth-order valence-corrected chi connectivity index (χ4v) is 2.43. The molecule has 0 saturated carbocycles. The van der Waals surface area contributed by atoms with Crippen molar-refractivity contribution in [3.05, 3.63) is 59.7 Å². The van der Waals surface area contributed by atoms with Gasteiger partial charge in [0.25, 0.3) is 5.91 Å². The smallest absolute Gasteiger partial charge is 0.412 e. The van der Waals surface area contributed by atoms with Gasteiger partial charge in [-0.15, -0.1) is 0 Å². The van der Waals surface area contributed by atoms with E-state index in [1.165, 1.54) is 25.4 Å². The van der Waals surface area contributed by atoms with Crippen molar-refractivity contribution >= 4 is 11.4 Å². The minimum atomic E-state index is -4.84. The number of methoxy groups -OCH3 is 1. The Kier molecular flexibility index (Phi) is 4.49. The van der Waals surface area contributed by atoms with Gasteiger partial charge in [0, 0.05) is 6.20 Å². The Morgan fingerprint density at radius 3 is 2.69 bits per heavy atom. The van der Waals surface area contributed by atoms with Crippen LogP contribution in [0.3, 0.4) is 0 Å². The number of halogens is 4. The normalized spacial score (nSPS) is 12.8. The molecule has 0 aliphatic carbocycles. The molecule has 10 heteroatoms. The molecule has 2 aromatic heterocycles. The van der Waals surface area contributed by atoms with Gasteiger partial charge < -0.3 is 10.1 Å². The molecule has 1 atom stereocenters. The number of nitrogens with zero attached hydrogens (tertiary/aromatic N) is 3. The van der Waals surface area contributed by atoms with Crippen molar-refractivity contribution in [3.8, 4) is 5.75 Å². The summed E-state index contributed by atoms with van der Waals surface area (Å²) in [7, 11) is 1.19. The van der Waals surface area contributed by atoms with Crippen LogP contribution in [0.25, 0.3) is 5.52 Å². The Morgan fingerprint density at radius 2 is 2.04 bits per heavy atom. The van der Waals surface area contributed by atoms with E-state index in [0.29, 0.717) is 6.07 Å². The summed E-state index contributed by atoms with van der Waals surface area (Å²) in [5.41, 5.74) is -0.299. The van der Waals surface area contributed by atoms with Gasteiger partial charge in [-0.2, -0.15) is 28.0 Å². The predicted octanol–water partition coefficient (Wildman–Crippen LogP) is 2.91. The quantitative estimate of drug-likeness (QED) is 0.719. The van der Waals surface area contributed by atoms with Gasteiger partial charge in [-0.25, -0.2) is 4.39 Å². The lowest BCUT2D eigenvalue weighted by molar-refractivity contribution is -0.155. The highest BCUT2D eigenvalue weighted by molar-refractivity contribution is 6.00. The molecule has 0 aliphatic rings. The summed E-state index contributed by atoms with van der Waals surface area (Å²) in [6.07, 6.45) is -2.31. The zero-order valence-corrected chi connectivity index (χ0v) is 13.3. The summed E-state index contributed by atoms with van der Waals surface area (Å²) in [5.74, 6) is -2.17. The minimum absolute atomic E-state index is 0.0821. The summed E-state index contributed by atoms with van der Waals surface area (Å²) in [4.78, 5) is 12.3. The molecule has 0 fully saturated rings. The molecule has 1 N–H and O–H groups in total. The Balaban J connectivity index is 1.94. The number of rotatable bonds is 4. The van der Waals surface area contributed by atoms with Crippen LogP contribution in [0.4, 0.5) is 17.6 Å². The third kappa shape index (κ3) is 3.30. The Bertz CT molecular complexity index is 955. The molecule has 0 saturated heterocycles. The van der Waals surface area contributed by atoms with Crippen molar-refractivity contribution in [2.75, 3.05) is 7.11 Å². The van der Waals surface area contributed by atoms with Crippen LogP contribution in [0.15, 0.2) is 42.7 Å². The molecule has 2 heterocycles. The van der Waals surface area contributed by atoms with Crippen LogP contribution < -0.4 is 10.1 Å². The molecular formula is C16H12F4N4O2. The number of fused-ring (bicyclic) bond motifs is 1. The van der Waals surface area contributed by atoms with E-state index in [2.05, 4.69) is 10.2 Å². The largest absolute Gasteiger partial charge is 0.494 e. The second-order valence-electron chi connectivity index (χ2n) is 5.30. The van der Waals surface area contributed by atoms with Crippen LogP contribution in [0.5, 0.6) is 5.75 Å². The zero-order chi connectivity index (χ0) is 18.9. The number of ether oxygens (including phenoxy) is 1. The van der Waals surface area contributed by atoms with Crippen LogP contribution in [-0.2, 0) is 0 Å². The summed E-state index contributed by atoms with van der Waals surface area (Å²) in [6.45, 7) is 0. The number of hydrogen-bond donors (Lipinski definition) is 1. The van der Waals surface area contributed by atoms with Gasteiger partial charge in [0.1, 0.15) is 5.52 Å². The van der Waals surface area contributed by atoms with Gasteiger partial charge in [-0.3, -0.25) is 4.79 Å². The van der Waals surface area contributed by atoms with Gasteiger partial charge in [0.2, 0.25) is 0 Å². The minimum Gasteiger partial charge on any atom is -0.494 e. The van der Waals surface area contributed by atoms with Gasteiger partial charge in [-0.1, -0.05) is 6.07 Å². The number of alkyl halides is 3. The lowest BCUT2D eigenvalue weighted by Crippen LogP contribution is -2.38. The van der Waals surface area contributed by atoms with Crippen LogP contribution in [0.1, 0.15) is 22.0 Å². The molecule has 3 rings (SSSR count). The van der Waals surface area contributed by atoms with Crippen molar-refractivity contribution in [1.82, 2.24) is 20.1 Å². The molecule has 1 amide bonds. The summed E-state index contributed by atoms with van der Waals surface area (Å²) < 4.78 is 59.9. The van der Waals surface area contributed by atoms with E-state index < -0.39 is 29.5 Å². The summed E-state index contributed by atoms with van der Waals surface area (Å²) in [5, 5.41) is 9.53. The van der Waals surface area contributed by atoms with Crippen molar-refractivity contribution < 1.29 is 27.1 Å². The number of hydrogen-bond acceptors (Lipinski definition) is 4. The Hall–Kier alpha value is -3.17. The molecule has 0 radical (unpaired) electrons. The first kappa shape index (κ1) is 17.6. The van der Waals surface area contributed by atoms with E-state index in [1.54, 1.807) is 0 Å². The second kappa shape index (κ2) is 6.62. The van der Waals surface area contributed by atoms with E-state index in [-0.39, 0.29) is 16.8 Å². The van der Waals surface area contributed by atoms with Gasteiger partial charge in [-0.05, 0) is 29.8 Å². The van der Waals surface area contributed by atoms with Crippen molar-refractivity contribution in [2.45, 2.75) is 12.2 Å². The lowest BCUT2D eigenvalue weighted by Gasteiger charge is -2.22. The SMILES string of the molecule is COc1ccc([C@H](NC(=O)c2cnn3ncccc23)C(F)(F)F)cc1F. The Labute approximate surface area is 144 Å². The molecular weight excluding hydrogens is 356 g/mol. The number of nitrogens with one attached hydrogen (secondary N) is 1. The zero-order valence-electron chi connectivity index (χ0n) is 13.3. The number of aromatic nitrogens is 3. The first-order valence-corrected chi connectivity index (χ1v) is 7.31. The van der Waals surface area contributed by atoms with E-state index in [4.69, 9.17) is 4.74 Å². The van der Waals surface area contributed by atoms with Crippen LogP contribution >= 0.6 is 0 Å². The van der Waals surface area contributed by atoms with E-state index >= 15 is 0 Å².